The Bertz CT molecular complexity index is 6250. The number of alkyl halides is 2. The highest BCUT2D eigenvalue weighted by atomic mass is 79.9. The van der Waals surface area contributed by atoms with Gasteiger partial charge in [0.05, 0.1) is 73.8 Å². The number of anilines is 2. The summed E-state index contributed by atoms with van der Waals surface area (Å²) >= 11 is 17.7. The fourth-order valence-electron chi connectivity index (χ4n) is 14.3. The maximum Gasteiger partial charge on any atom is 0.414 e. The molecule has 3 amide bonds. The standard InChI is InChI=1S/C34H42N4O4Si.C22H27N3O4Si.C14H19BrN2O2Si.C12H16ClN.C8H5BrN2O.C8H9NO2.C6H15ClOSi/c1-43(2,3)19-18-41-25-37-24-36-32-20-30(16-17-31(32)33(37)39)38(34(40)42-23-26-10-6-4-7-11-26)22-29-15-14-28(21-35-29)27-12-8-5-9-13-27;1-30(2,3)12-11-28-16-25-15-23-20-13-18(9-10-19(20)21(25)26)24-22(27)29-14-17-7-5-4-6-8-17;1-20(2,3)7-6-19-10-17-9-16-13-8-11(15)4-5-12(13)14(17)18;13-8-12-7-6-11(9-14-12)10-4-2-1-3-5-10;9-5-1-2-6-7(3-5)10-4-11-8(6)12;9-8(10)11-6-7-4-2-1-3-5-7;1-9(2,3)5-4-8-6-7/h4,6-7,10-11,14-17,20-21,24,27H,5,8-9,12-13,18-19,22-23,25H2,1-3H3;4-10,13,15H,11-12,14,16H2,1-3H3,(H,24,27);4-5,8-9H,6-7,10H2,1-3H3;6-7,9-10H,1-5,8H2;1-4H,(H,10,11,12);1-5H,6H2,(H2,9,10);4-6H2,1-3H3. The SMILES string of the molecule is C[Si](C)(C)CCOCCl.C[Si](C)(C)CCOCn1cnc2cc(Br)ccc2c1=O.C[Si](C)(C)CCOCn1cnc2cc(N(Cc3ccc(C4CCCCC4)cn3)C(=O)OCc3ccccc3)ccc2c1=O.C[Si](C)(C)CCOCn1cnc2cc(NC(=O)OCc3ccccc3)ccc2c1=O.ClCc1ccc(C2CCCCC2)cn1.NC(=O)OCc1ccccc1.O=c1[nH]cnc2cc(Br)ccc12. The second kappa shape index (κ2) is 57.4. The van der Waals surface area contributed by atoms with Crippen molar-refractivity contribution in [1.29, 1.82) is 0 Å². The molecular weight excluding hydrogens is 2000 g/mol. The van der Waals surface area contributed by atoms with E-state index in [0.29, 0.717) is 92.7 Å². The summed E-state index contributed by atoms with van der Waals surface area (Å²) < 4.78 is 43.8. The average Bonchev–Trinajstić information content (AvgIpc) is 0.790. The molecule has 0 aliphatic heterocycles. The maximum atomic E-state index is 13.5. The van der Waals surface area contributed by atoms with Gasteiger partial charge in [0, 0.05) is 91.4 Å². The molecule has 139 heavy (non-hydrogen) atoms. The number of amides is 3. The van der Waals surface area contributed by atoms with Crippen LogP contribution in [0, 0.1) is 0 Å². The molecule has 0 unspecified atom stereocenters. The van der Waals surface area contributed by atoms with E-state index < -0.39 is 50.6 Å². The molecule has 2 aliphatic carbocycles. The van der Waals surface area contributed by atoms with Gasteiger partial charge in [-0.25, -0.2) is 34.3 Å². The number of carbonyl (C=O) groups excluding carboxylic acids is 3. The van der Waals surface area contributed by atoms with Crippen molar-refractivity contribution >= 4 is 161 Å². The van der Waals surface area contributed by atoms with Gasteiger partial charge < -0.3 is 43.9 Å². The van der Waals surface area contributed by atoms with Crippen LogP contribution < -0.4 is 38.2 Å². The Kier molecular flexibility index (Phi) is 46.3. The number of ether oxygens (including phenoxy) is 7. The zero-order valence-electron chi connectivity index (χ0n) is 81.9. The number of H-pyrrole nitrogens is 1. The Morgan fingerprint density at radius 2 is 0.827 bits per heavy atom. The minimum absolute atomic E-state index is 0.0597. The molecule has 742 valence electrons. The summed E-state index contributed by atoms with van der Waals surface area (Å²) in [5.41, 5.74) is 14.9. The third-order valence-electron chi connectivity index (χ3n) is 22.5. The second-order valence-corrected chi connectivity index (χ2v) is 63.6. The van der Waals surface area contributed by atoms with E-state index in [9.17, 15) is 33.6 Å². The van der Waals surface area contributed by atoms with Gasteiger partial charge in [-0.05, 0) is 174 Å². The molecule has 15 rings (SSSR count). The molecule has 27 nitrogen and oxygen atoms in total. The predicted molar refractivity (Wildman–Crippen MR) is 576 cm³/mol. The first-order valence-corrected chi connectivity index (χ1v) is 64.5. The first-order valence-electron chi connectivity index (χ1n) is 47.0. The topological polar surface area (TPSA) is 333 Å². The van der Waals surface area contributed by atoms with E-state index in [1.807, 2.05) is 134 Å². The number of fused-ring (bicyclic) bond motifs is 4. The zero-order chi connectivity index (χ0) is 100. The molecule has 0 bridgehead atoms. The fraction of sp³-hybridized carbons (Fsp3) is 0.394. The van der Waals surface area contributed by atoms with E-state index in [1.165, 1.54) is 114 Å². The van der Waals surface area contributed by atoms with Gasteiger partial charge in [-0.1, -0.05) is 264 Å². The van der Waals surface area contributed by atoms with Crippen LogP contribution in [0.15, 0.2) is 254 Å². The molecule has 13 aromatic rings. The van der Waals surface area contributed by atoms with Crippen LogP contribution >= 0.6 is 55.1 Å². The third-order valence-corrected chi connectivity index (χ3v) is 30.7. The molecule has 0 saturated heterocycles. The van der Waals surface area contributed by atoms with E-state index in [0.717, 1.165) is 67.7 Å². The zero-order valence-corrected chi connectivity index (χ0v) is 90.6. The highest BCUT2D eigenvalue weighted by molar-refractivity contribution is 9.10. The van der Waals surface area contributed by atoms with Crippen molar-refractivity contribution in [2.24, 2.45) is 5.73 Å². The van der Waals surface area contributed by atoms with E-state index in [-0.39, 0.29) is 68.8 Å². The Hall–Kier alpha value is -10.5. The fourth-order valence-corrected chi connectivity index (χ4v) is 18.3. The number of benzene rings is 7. The van der Waals surface area contributed by atoms with Gasteiger partial charge in [-0.15, -0.1) is 11.6 Å². The van der Waals surface area contributed by atoms with Gasteiger partial charge in [0.25, 0.3) is 22.2 Å². The quantitative estimate of drug-likeness (QED) is 0.0153. The van der Waals surface area contributed by atoms with Crippen molar-refractivity contribution in [3.8, 4) is 0 Å². The van der Waals surface area contributed by atoms with Crippen molar-refractivity contribution in [1.82, 2.24) is 48.6 Å². The number of primary amides is 1. The van der Waals surface area contributed by atoms with E-state index in [2.05, 4.69) is 169 Å². The third kappa shape index (κ3) is 40.9. The number of carbonyl (C=O) groups is 3. The molecule has 0 atom stereocenters. The summed E-state index contributed by atoms with van der Waals surface area (Å²) in [5, 5.41) is 4.82. The Balaban J connectivity index is 0.000000195. The summed E-state index contributed by atoms with van der Waals surface area (Å²) in [7, 11) is -4.36. The largest absolute Gasteiger partial charge is 0.445 e. The van der Waals surface area contributed by atoms with Crippen LogP contribution in [0.5, 0.6) is 0 Å². The lowest BCUT2D eigenvalue weighted by Gasteiger charge is -2.24. The first kappa shape index (κ1) is 112. The van der Waals surface area contributed by atoms with Gasteiger partial charge in [0.2, 0.25) is 0 Å². The number of hydrogen-bond acceptors (Lipinski definition) is 20. The lowest BCUT2D eigenvalue weighted by atomic mass is 9.85. The molecule has 35 heteroatoms. The van der Waals surface area contributed by atoms with Crippen molar-refractivity contribution < 1.29 is 47.5 Å². The van der Waals surface area contributed by atoms with Crippen molar-refractivity contribution in [2.45, 2.75) is 231 Å². The predicted octanol–water partition coefficient (Wildman–Crippen LogP) is 24.8. The summed E-state index contributed by atoms with van der Waals surface area (Å²) in [6.45, 7) is 31.8. The Labute approximate surface area is 845 Å². The first-order chi connectivity index (χ1) is 66.5. The number of pyridine rings is 2. The van der Waals surface area contributed by atoms with Gasteiger partial charge in [0.15, 0.2) is 0 Å². The Morgan fingerprint density at radius 1 is 0.439 bits per heavy atom. The van der Waals surface area contributed by atoms with Gasteiger partial charge in [-0.2, -0.15) is 0 Å². The summed E-state index contributed by atoms with van der Waals surface area (Å²) in [4.78, 5) is 115. The normalized spacial score (nSPS) is 12.8. The van der Waals surface area contributed by atoms with Crippen molar-refractivity contribution in [3.05, 3.63) is 315 Å². The number of aromatic amines is 1. The molecule has 0 spiro atoms. The minimum Gasteiger partial charge on any atom is -0.445 e. The molecule has 2 saturated carbocycles. The van der Waals surface area contributed by atoms with Crippen molar-refractivity contribution in [2.75, 3.05) is 42.7 Å². The highest BCUT2D eigenvalue weighted by Crippen LogP contribution is 2.35. The van der Waals surface area contributed by atoms with Crippen molar-refractivity contribution in [3.63, 3.8) is 0 Å². The van der Waals surface area contributed by atoms with Crippen LogP contribution in [0.3, 0.4) is 0 Å². The number of nitrogens with zero attached hydrogens (tertiary/aromatic N) is 10. The van der Waals surface area contributed by atoms with Crippen LogP contribution in [-0.4, -0.2) is 132 Å². The minimum atomic E-state index is -1.22. The highest BCUT2D eigenvalue weighted by Gasteiger charge is 2.24. The number of nitrogens with two attached hydrogens (primary N) is 1. The molecule has 0 radical (unpaired) electrons. The van der Waals surface area contributed by atoms with Gasteiger partial charge >= 0.3 is 18.3 Å². The van der Waals surface area contributed by atoms with Crippen LogP contribution in [0.2, 0.25) is 103 Å². The number of hydrogen-bond donors (Lipinski definition) is 3. The Morgan fingerprint density at radius 3 is 1.24 bits per heavy atom. The average molecular weight is 2130 g/mol. The van der Waals surface area contributed by atoms with Crippen LogP contribution in [0.1, 0.15) is 115 Å². The van der Waals surface area contributed by atoms with Crippen LogP contribution in [-0.2, 0) is 85.6 Å². The molecule has 6 heterocycles. The summed E-state index contributed by atoms with van der Waals surface area (Å²) in [6, 6.07) is 62.5. The molecule has 2 aliphatic rings. The van der Waals surface area contributed by atoms with Crippen LogP contribution in [0.25, 0.3) is 43.6 Å². The van der Waals surface area contributed by atoms with Gasteiger partial charge in [0.1, 0.15) is 65.1 Å². The maximum absolute atomic E-state index is 13.5. The molecule has 2 fully saturated rings. The number of nitrogens with one attached hydrogen (secondary N) is 2. The number of rotatable bonds is 32. The molecular formula is C104H133Br2Cl2N13O14Si4. The van der Waals surface area contributed by atoms with E-state index in [1.54, 1.807) is 59.8 Å². The monoisotopic (exact) mass is 2130 g/mol. The molecule has 4 N–H and O–H groups in total. The summed E-state index contributed by atoms with van der Waals surface area (Å²) in [5.74, 6) is 1.83. The number of aromatic nitrogens is 10. The molecule has 6 aromatic heterocycles. The van der Waals surface area contributed by atoms with Gasteiger partial charge in [-0.3, -0.25) is 53.1 Å². The van der Waals surface area contributed by atoms with E-state index >= 15 is 0 Å². The molecule has 7 aromatic carbocycles. The lowest BCUT2D eigenvalue weighted by Crippen LogP contribution is -2.31. The number of halogens is 4. The smallest absolute Gasteiger partial charge is 0.414 e. The lowest BCUT2D eigenvalue weighted by molar-refractivity contribution is 0.0843. The summed E-state index contributed by atoms with van der Waals surface area (Å²) in [6.07, 6.45) is 21.2. The van der Waals surface area contributed by atoms with E-state index in [4.69, 9.17) is 62.3 Å². The van der Waals surface area contributed by atoms with Crippen LogP contribution in [0.4, 0.5) is 25.8 Å². The second-order valence-electron chi connectivity index (χ2n) is 38.8.